The Hall–Kier alpha value is -2.20. The minimum Gasteiger partial charge on any atom is -0.459 e. The molecule has 0 unspecified atom stereocenters. The van der Waals surface area contributed by atoms with Gasteiger partial charge in [0.25, 0.3) is 5.91 Å². The zero-order valence-electron chi connectivity index (χ0n) is 14.8. The molecule has 9 heteroatoms. The molecule has 0 saturated heterocycles. The molecule has 1 aliphatic heterocycles. The largest absolute Gasteiger partial charge is 0.459 e. The van der Waals surface area contributed by atoms with E-state index < -0.39 is 6.29 Å². The number of amides is 1. The van der Waals surface area contributed by atoms with Crippen LogP contribution in [0.2, 0.25) is 0 Å². The number of H-pyrrole nitrogens is 1. The van der Waals surface area contributed by atoms with Gasteiger partial charge in [-0.3, -0.25) is 4.79 Å². The highest BCUT2D eigenvalue weighted by atomic mass is 32.1. The third-order valence-electron chi connectivity index (χ3n) is 3.93. The Bertz CT molecular complexity index is 717. The van der Waals surface area contributed by atoms with Gasteiger partial charge in [0.2, 0.25) is 6.29 Å². The van der Waals surface area contributed by atoms with Crippen molar-refractivity contribution >= 4 is 17.2 Å². The Labute approximate surface area is 161 Å². The van der Waals surface area contributed by atoms with Crippen molar-refractivity contribution in [3.63, 3.8) is 0 Å². The average molecular weight is 393 g/mol. The molecule has 0 spiro atoms. The van der Waals surface area contributed by atoms with Gasteiger partial charge in [-0.1, -0.05) is 6.07 Å². The van der Waals surface area contributed by atoms with Crippen LogP contribution >= 0.6 is 11.3 Å². The second-order valence-electron chi connectivity index (χ2n) is 5.86. The summed E-state index contributed by atoms with van der Waals surface area (Å²) in [5.74, 6) is 0.653. The quantitative estimate of drug-likeness (QED) is 0.529. The Morgan fingerprint density at radius 2 is 2.37 bits per heavy atom. The Balaban J connectivity index is 1.60. The van der Waals surface area contributed by atoms with Crippen LogP contribution in [0.3, 0.4) is 0 Å². The van der Waals surface area contributed by atoms with Crippen LogP contribution in [-0.4, -0.2) is 53.7 Å². The molecule has 0 bridgehead atoms. The lowest BCUT2D eigenvalue weighted by Crippen LogP contribution is -2.33. The van der Waals surface area contributed by atoms with Crippen molar-refractivity contribution in [3.8, 4) is 0 Å². The molecule has 0 aromatic carbocycles. The first-order valence-electron chi connectivity index (χ1n) is 8.75. The lowest BCUT2D eigenvalue weighted by Gasteiger charge is -2.28. The first-order chi connectivity index (χ1) is 13.3. The summed E-state index contributed by atoms with van der Waals surface area (Å²) in [4.78, 5) is 20.7. The number of nitrogens with one attached hydrogen (secondary N) is 2. The van der Waals surface area contributed by atoms with Crippen molar-refractivity contribution < 1.29 is 24.1 Å². The molecule has 0 aliphatic carbocycles. The molecular formula is C18H23N3O5S. The van der Waals surface area contributed by atoms with Crippen molar-refractivity contribution in [1.29, 1.82) is 0 Å². The van der Waals surface area contributed by atoms with Gasteiger partial charge in [0.05, 0.1) is 33.0 Å². The molecule has 0 saturated carbocycles. The zero-order valence-corrected chi connectivity index (χ0v) is 15.6. The molecule has 3 rings (SSSR count). The van der Waals surface area contributed by atoms with Gasteiger partial charge >= 0.3 is 0 Å². The third kappa shape index (κ3) is 5.90. The summed E-state index contributed by atoms with van der Waals surface area (Å²) in [6.45, 7) is 1.21. The van der Waals surface area contributed by atoms with Crippen molar-refractivity contribution in [1.82, 2.24) is 15.3 Å². The highest BCUT2D eigenvalue weighted by molar-refractivity contribution is 7.10. The second-order valence-corrected chi connectivity index (χ2v) is 6.84. The van der Waals surface area contributed by atoms with E-state index in [1.807, 2.05) is 23.6 Å². The van der Waals surface area contributed by atoms with Gasteiger partial charge in [-0.15, -0.1) is 11.3 Å². The predicted octanol–water partition coefficient (Wildman–Crippen LogP) is 1.53. The number of aliphatic hydroxyl groups is 1. The van der Waals surface area contributed by atoms with Crippen LogP contribution < -0.4 is 5.32 Å². The molecule has 0 fully saturated rings. The van der Waals surface area contributed by atoms with E-state index in [1.165, 1.54) is 0 Å². The number of imidazole rings is 1. The Kier molecular flexibility index (Phi) is 7.40. The number of allylic oxidation sites excluding steroid dienone is 1. The van der Waals surface area contributed by atoms with Crippen LogP contribution in [0.1, 0.15) is 23.0 Å². The van der Waals surface area contributed by atoms with Crippen LogP contribution in [0.25, 0.3) is 0 Å². The number of ether oxygens (including phenoxy) is 3. The molecule has 146 valence electrons. The van der Waals surface area contributed by atoms with Crippen LogP contribution in [-0.2, 0) is 25.5 Å². The number of aromatic amines is 1. The smallest absolute Gasteiger partial charge is 0.286 e. The fourth-order valence-corrected chi connectivity index (χ4v) is 3.48. The van der Waals surface area contributed by atoms with E-state index in [0.29, 0.717) is 25.5 Å². The first kappa shape index (κ1) is 19.6. The molecule has 3 heterocycles. The maximum Gasteiger partial charge on any atom is 0.286 e. The lowest BCUT2D eigenvalue weighted by molar-refractivity contribution is -0.151. The van der Waals surface area contributed by atoms with Crippen molar-refractivity contribution in [2.24, 2.45) is 0 Å². The summed E-state index contributed by atoms with van der Waals surface area (Å²) in [5, 5.41) is 13.5. The number of rotatable bonds is 10. The molecule has 2 aromatic heterocycles. The third-order valence-corrected chi connectivity index (χ3v) is 4.93. The second kappa shape index (κ2) is 10.2. The lowest BCUT2D eigenvalue weighted by atomic mass is 9.99. The number of hydrogen-bond donors (Lipinski definition) is 3. The van der Waals surface area contributed by atoms with Crippen LogP contribution in [0.5, 0.6) is 0 Å². The predicted molar refractivity (Wildman–Crippen MR) is 98.9 cm³/mol. The zero-order chi connectivity index (χ0) is 18.9. The van der Waals surface area contributed by atoms with Crippen LogP contribution in [0.15, 0.2) is 41.7 Å². The Morgan fingerprint density at radius 3 is 3.11 bits per heavy atom. The number of thiophene rings is 1. The number of nitrogens with zero attached hydrogens (tertiary/aromatic N) is 1. The number of carbonyl (C=O) groups is 1. The van der Waals surface area contributed by atoms with Crippen molar-refractivity contribution in [2.75, 3.05) is 26.4 Å². The minimum atomic E-state index is -0.538. The van der Waals surface area contributed by atoms with E-state index in [0.717, 1.165) is 4.88 Å². The normalized spacial score (nSPS) is 19.4. The maximum atomic E-state index is 12.5. The van der Waals surface area contributed by atoms with E-state index in [4.69, 9.17) is 19.3 Å². The van der Waals surface area contributed by atoms with Gasteiger partial charge in [-0.2, -0.15) is 0 Å². The highest BCUT2D eigenvalue weighted by Gasteiger charge is 2.29. The fraction of sp³-hybridized carbons (Fsp3) is 0.444. The standard InChI is InChI=1S/C18H23N3O5S/c22-5-6-24-7-8-25-17-11-13(15-2-1-9-27-15)10-14(26-17)18(23)21-12-16-19-3-4-20-16/h1-4,9-10,13,17,22H,5-8,11-12H2,(H,19,20)(H,21,23)/t13-,17+/m0/s1. The molecule has 0 radical (unpaired) electrons. The number of hydrogen-bond acceptors (Lipinski definition) is 7. The van der Waals surface area contributed by atoms with E-state index in [1.54, 1.807) is 23.7 Å². The molecule has 27 heavy (non-hydrogen) atoms. The number of aliphatic hydroxyl groups excluding tert-OH is 1. The summed E-state index contributed by atoms with van der Waals surface area (Å²) in [7, 11) is 0. The average Bonchev–Trinajstić information content (AvgIpc) is 3.39. The van der Waals surface area contributed by atoms with Crippen LogP contribution in [0.4, 0.5) is 0 Å². The minimum absolute atomic E-state index is 0.0247. The Morgan fingerprint density at radius 1 is 1.44 bits per heavy atom. The molecule has 8 nitrogen and oxygen atoms in total. The monoisotopic (exact) mass is 393 g/mol. The highest BCUT2D eigenvalue weighted by Crippen LogP contribution is 2.33. The molecule has 1 aliphatic rings. The van der Waals surface area contributed by atoms with Gasteiger partial charge in [-0.05, 0) is 17.5 Å². The van der Waals surface area contributed by atoms with Gasteiger partial charge in [0, 0.05) is 29.6 Å². The summed E-state index contributed by atoms with van der Waals surface area (Å²) in [6, 6.07) is 4.02. The van der Waals surface area contributed by atoms with E-state index in [-0.39, 0.29) is 37.3 Å². The summed E-state index contributed by atoms with van der Waals surface area (Å²) in [6.07, 6.45) is 5.26. The summed E-state index contributed by atoms with van der Waals surface area (Å²) in [5.41, 5.74) is 0. The maximum absolute atomic E-state index is 12.5. The van der Waals surface area contributed by atoms with Crippen molar-refractivity contribution in [3.05, 3.63) is 52.4 Å². The number of aromatic nitrogens is 2. The van der Waals surface area contributed by atoms with Gasteiger partial charge in [0.1, 0.15) is 5.82 Å². The SMILES string of the molecule is O=C(NCc1ncc[nH]1)C1=C[C@H](c2cccs2)C[C@H](OCCOCCO)O1. The summed E-state index contributed by atoms with van der Waals surface area (Å²) < 4.78 is 16.7. The van der Waals surface area contributed by atoms with Gasteiger partial charge < -0.3 is 29.6 Å². The summed E-state index contributed by atoms with van der Waals surface area (Å²) >= 11 is 1.64. The van der Waals surface area contributed by atoms with Crippen molar-refractivity contribution in [2.45, 2.75) is 25.2 Å². The fourth-order valence-electron chi connectivity index (χ4n) is 2.67. The molecule has 3 N–H and O–H groups in total. The van der Waals surface area contributed by atoms with E-state index >= 15 is 0 Å². The van der Waals surface area contributed by atoms with E-state index in [2.05, 4.69) is 15.3 Å². The first-order valence-corrected chi connectivity index (χ1v) is 9.62. The molecule has 1 amide bonds. The molecule has 2 atom stereocenters. The molecule has 2 aromatic rings. The van der Waals surface area contributed by atoms with E-state index in [9.17, 15) is 4.79 Å². The van der Waals surface area contributed by atoms with Crippen LogP contribution in [0, 0.1) is 0 Å². The van der Waals surface area contributed by atoms with Gasteiger partial charge in [-0.25, -0.2) is 4.98 Å². The topological polar surface area (TPSA) is 106 Å². The number of carbonyl (C=O) groups excluding carboxylic acids is 1. The molecular weight excluding hydrogens is 370 g/mol. The van der Waals surface area contributed by atoms with Gasteiger partial charge in [0.15, 0.2) is 5.76 Å².